The molecule has 1 N–H and O–H groups in total. The summed E-state index contributed by atoms with van der Waals surface area (Å²) in [7, 11) is 0. The molecule has 3 rings (SSSR count). The molecule has 125 valence electrons. The number of alkyl halides is 3. The van der Waals surface area contributed by atoms with Gasteiger partial charge in [0, 0.05) is 0 Å². The van der Waals surface area contributed by atoms with E-state index in [4.69, 9.17) is 0 Å². The van der Waals surface area contributed by atoms with Gasteiger partial charge in [-0.2, -0.15) is 18.3 Å². The largest absolute Gasteiger partial charge is 0.416 e. The van der Waals surface area contributed by atoms with Crippen LogP contribution in [-0.4, -0.2) is 19.7 Å². The van der Waals surface area contributed by atoms with E-state index in [2.05, 4.69) is 22.0 Å². The Morgan fingerprint density at radius 3 is 2.46 bits per heavy atom. The molecule has 0 fully saturated rings. The van der Waals surface area contributed by atoms with Gasteiger partial charge in [-0.25, -0.2) is 9.67 Å². The van der Waals surface area contributed by atoms with Crippen molar-refractivity contribution in [3.05, 3.63) is 64.2 Å². The van der Waals surface area contributed by atoms with Crippen LogP contribution >= 0.6 is 0 Å². The highest BCUT2D eigenvalue weighted by Crippen LogP contribution is 2.30. The van der Waals surface area contributed by atoms with Crippen molar-refractivity contribution < 1.29 is 13.2 Å². The van der Waals surface area contributed by atoms with Crippen molar-refractivity contribution in [1.29, 1.82) is 0 Å². The van der Waals surface area contributed by atoms with Gasteiger partial charge in [0.15, 0.2) is 5.65 Å². The number of aromatic nitrogens is 4. The summed E-state index contributed by atoms with van der Waals surface area (Å²) in [5.74, 6) is 0.424. The minimum atomic E-state index is -4.38. The van der Waals surface area contributed by atoms with Gasteiger partial charge in [0.1, 0.15) is 11.2 Å². The quantitative estimate of drug-likeness (QED) is 0.782. The molecule has 24 heavy (non-hydrogen) atoms. The summed E-state index contributed by atoms with van der Waals surface area (Å²) in [6.07, 6.45) is -4.38. The van der Waals surface area contributed by atoms with E-state index in [-0.39, 0.29) is 16.6 Å². The standard InChI is InChI=1S/C16H14F3N4O/c1-8-13-14(20-10(3)21-15(13)24)23(22-8)9(2)11-4-6-12(7-5-11)16(17,18)19/h4-7,9H,1H2,2-3H3,(H,20,21,24). The maximum atomic E-state index is 12.7. The summed E-state index contributed by atoms with van der Waals surface area (Å²) >= 11 is 0. The van der Waals surface area contributed by atoms with Gasteiger partial charge in [-0.3, -0.25) is 4.79 Å². The van der Waals surface area contributed by atoms with Crippen LogP contribution in [0.25, 0.3) is 11.0 Å². The smallest absolute Gasteiger partial charge is 0.310 e. The van der Waals surface area contributed by atoms with Crippen LogP contribution in [0.5, 0.6) is 0 Å². The number of benzene rings is 1. The van der Waals surface area contributed by atoms with Crippen molar-refractivity contribution in [2.45, 2.75) is 26.1 Å². The first-order valence-electron chi connectivity index (χ1n) is 7.16. The Bertz CT molecular complexity index is 954. The van der Waals surface area contributed by atoms with E-state index in [1.54, 1.807) is 13.8 Å². The van der Waals surface area contributed by atoms with Crippen LogP contribution in [0.2, 0.25) is 0 Å². The number of hydrogen-bond acceptors (Lipinski definition) is 3. The number of nitrogens with zero attached hydrogens (tertiary/aromatic N) is 3. The zero-order valence-corrected chi connectivity index (χ0v) is 13.0. The topological polar surface area (TPSA) is 63.6 Å². The number of hydrogen-bond donors (Lipinski definition) is 1. The highest BCUT2D eigenvalue weighted by molar-refractivity contribution is 5.78. The Hall–Kier alpha value is -2.64. The second-order valence-electron chi connectivity index (χ2n) is 5.54. The fourth-order valence-electron chi connectivity index (χ4n) is 2.59. The minimum Gasteiger partial charge on any atom is -0.310 e. The van der Waals surface area contributed by atoms with Crippen molar-refractivity contribution in [3.63, 3.8) is 0 Å². The van der Waals surface area contributed by atoms with Crippen molar-refractivity contribution in [2.24, 2.45) is 0 Å². The van der Waals surface area contributed by atoms with Gasteiger partial charge in [0.2, 0.25) is 0 Å². The maximum Gasteiger partial charge on any atom is 0.416 e. The van der Waals surface area contributed by atoms with E-state index >= 15 is 0 Å². The van der Waals surface area contributed by atoms with Gasteiger partial charge in [0.05, 0.1) is 17.3 Å². The monoisotopic (exact) mass is 335 g/mol. The Morgan fingerprint density at radius 2 is 1.88 bits per heavy atom. The number of fused-ring (bicyclic) bond motifs is 1. The van der Waals surface area contributed by atoms with Crippen molar-refractivity contribution in [3.8, 4) is 0 Å². The normalized spacial score (nSPS) is 13.4. The number of H-pyrrole nitrogens is 1. The first-order valence-corrected chi connectivity index (χ1v) is 7.16. The third-order valence-corrected chi connectivity index (χ3v) is 3.84. The zero-order chi connectivity index (χ0) is 17.6. The second-order valence-corrected chi connectivity index (χ2v) is 5.54. The third kappa shape index (κ3) is 2.68. The predicted molar refractivity (Wildman–Crippen MR) is 82.6 cm³/mol. The molecule has 1 unspecified atom stereocenters. The molecule has 0 bridgehead atoms. The molecule has 1 atom stereocenters. The highest BCUT2D eigenvalue weighted by Gasteiger charge is 2.30. The first-order chi connectivity index (χ1) is 11.2. The first kappa shape index (κ1) is 16.2. The molecule has 2 heterocycles. The van der Waals surface area contributed by atoms with Gasteiger partial charge >= 0.3 is 6.18 Å². The van der Waals surface area contributed by atoms with Gasteiger partial charge in [-0.15, -0.1) is 0 Å². The van der Waals surface area contributed by atoms with Gasteiger partial charge in [-0.05, 0) is 38.5 Å². The van der Waals surface area contributed by atoms with Crippen LogP contribution in [0, 0.1) is 13.8 Å². The van der Waals surface area contributed by atoms with Gasteiger partial charge in [0.25, 0.3) is 5.56 Å². The summed E-state index contributed by atoms with van der Waals surface area (Å²) in [6, 6.07) is 4.43. The number of aromatic amines is 1. The highest BCUT2D eigenvalue weighted by atomic mass is 19.4. The second kappa shape index (κ2) is 5.47. The summed E-state index contributed by atoms with van der Waals surface area (Å²) in [4.78, 5) is 18.9. The van der Waals surface area contributed by atoms with Gasteiger partial charge in [-0.1, -0.05) is 12.1 Å². The number of halogens is 3. The van der Waals surface area contributed by atoms with Crippen LogP contribution < -0.4 is 5.56 Å². The summed E-state index contributed by atoms with van der Waals surface area (Å²) in [5, 5.41) is 4.52. The molecular weight excluding hydrogens is 321 g/mol. The lowest BCUT2D eigenvalue weighted by Crippen LogP contribution is -2.13. The number of nitrogens with one attached hydrogen (secondary N) is 1. The SMILES string of the molecule is [CH2]c1nn(C(C)c2ccc(C(F)(F)F)cc2)c2nc(C)[nH]c(=O)c12. The molecule has 1 aromatic carbocycles. The molecule has 0 amide bonds. The Morgan fingerprint density at radius 1 is 1.25 bits per heavy atom. The average molecular weight is 335 g/mol. The molecule has 0 aliphatic heterocycles. The van der Waals surface area contributed by atoms with Crippen LogP contribution in [0.1, 0.15) is 35.6 Å². The van der Waals surface area contributed by atoms with E-state index in [1.165, 1.54) is 16.8 Å². The van der Waals surface area contributed by atoms with Crippen molar-refractivity contribution in [2.75, 3.05) is 0 Å². The Kier molecular flexibility index (Phi) is 3.70. The fourth-order valence-corrected chi connectivity index (χ4v) is 2.59. The van der Waals surface area contributed by atoms with E-state index in [0.717, 1.165) is 12.1 Å². The van der Waals surface area contributed by atoms with Crippen LogP contribution in [0.4, 0.5) is 13.2 Å². The van der Waals surface area contributed by atoms with Crippen LogP contribution in [0.15, 0.2) is 29.1 Å². The molecule has 1 radical (unpaired) electrons. The van der Waals surface area contributed by atoms with Crippen LogP contribution in [0.3, 0.4) is 0 Å². The lowest BCUT2D eigenvalue weighted by molar-refractivity contribution is -0.137. The molecule has 0 spiro atoms. The molecule has 5 nitrogen and oxygen atoms in total. The minimum absolute atomic E-state index is 0.275. The van der Waals surface area contributed by atoms with Crippen LogP contribution in [-0.2, 0) is 6.18 Å². The lowest BCUT2D eigenvalue weighted by Gasteiger charge is -2.15. The van der Waals surface area contributed by atoms with Crippen molar-refractivity contribution >= 4 is 11.0 Å². The molecule has 0 saturated carbocycles. The molecule has 2 aromatic heterocycles. The van der Waals surface area contributed by atoms with E-state index < -0.39 is 17.8 Å². The zero-order valence-electron chi connectivity index (χ0n) is 13.0. The lowest BCUT2D eigenvalue weighted by atomic mass is 10.1. The Labute approximate surface area is 135 Å². The predicted octanol–water partition coefficient (Wildman–Crippen LogP) is 3.24. The third-order valence-electron chi connectivity index (χ3n) is 3.84. The molecule has 3 aromatic rings. The maximum absolute atomic E-state index is 12.7. The van der Waals surface area contributed by atoms with E-state index in [0.29, 0.717) is 17.0 Å². The molecular formula is C16H14F3N4O. The molecule has 8 heteroatoms. The summed E-state index contributed by atoms with van der Waals surface area (Å²) in [6.45, 7) is 7.15. The number of aryl methyl sites for hydroxylation is 1. The molecule has 0 saturated heterocycles. The van der Waals surface area contributed by atoms with E-state index in [9.17, 15) is 18.0 Å². The summed E-state index contributed by atoms with van der Waals surface area (Å²) < 4.78 is 39.5. The fraction of sp³-hybridized carbons (Fsp3) is 0.250. The molecule has 0 aliphatic carbocycles. The molecule has 0 aliphatic rings. The number of rotatable bonds is 2. The average Bonchev–Trinajstić information content (AvgIpc) is 2.82. The Balaban J connectivity index is 2.09. The van der Waals surface area contributed by atoms with Crippen molar-refractivity contribution in [1.82, 2.24) is 19.7 Å². The van der Waals surface area contributed by atoms with E-state index in [1.807, 2.05) is 0 Å². The van der Waals surface area contributed by atoms with Gasteiger partial charge < -0.3 is 4.98 Å². The summed E-state index contributed by atoms with van der Waals surface area (Å²) in [5.41, 5.74) is 0.193.